The van der Waals surface area contributed by atoms with Gasteiger partial charge in [0.05, 0.1) is 5.60 Å². The number of aliphatic hydroxyl groups is 1. The monoisotopic (exact) mass is 304 g/mol. The first-order chi connectivity index (χ1) is 7.48. The van der Waals surface area contributed by atoms with Crippen molar-refractivity contribution in [3.63, 3.8) is 0 Å². The zero-order valence-electron chi connectivity index (χ0n) is 9.04. The van der Waals surface area contributed by atoms with Crippen molar-refractivity contribution in [3.05, 3.63) is 34.1 Å². The highest BCUT2D eigenvalue weighted by atomic mass is 79.9. The molecule has 1 aromatic rings. The number of rotatable bonds is 2. The summed E-state index contributed by atoms with van der Waals surface area (Å²) in [6.07, 6.45) is 1.40. The molecule has 0 bridgehead atoms. The predicted octanol–water partition coefficient (Wildman–Crippen LogP) is 3.39. The highest BCUT2D eigenvalue weighted by Gasteiger charge is 2.36. The lowest BCUT2D eigenvalue weighted by molar-refractivity contribution is 0.0641. The summed E-state index contributed by atoms with van der Waals surface area (Å²) in [6, 6.07) is 4.63. The van der Waals surface area contributed by atoms with Gasteiger partial charge in [0.1, 0.15) is 5.82 Å². The largest absolute Gasteiger partial charge is 0.389 e. The van der Waals surface area contributed by atoms with Crippen molar-refractivity contribution in [3.8, 4) is 0 Å². The third-order valence-electron chi connectivity index (χ3n) is 2.84. The Morgan fingerprint density at radius 3 is 2.94 bits per heavy atom. The second-order valence-corrected chi connectivity index (χ2v) is 6.74. The van der Waals surface area contributed by atoms with Crippen LogP contribution in [-0.2, 0) is 6.42 Å². The molecule has 2 atom stereocenters. The molecule has 0 amide bonds. The zero-order chi connectivity index (χ0) is 11.8. The summed E-state index contributed by atoms with van der Waals surface area (Å²) in [5.41, 5.74) is 0.336. The van der Waals surface area contributed by atoms with Gasteiger partial charge in [0.25, 0.3) is 0 Å². The first kappa shape index (κ1) is 12.4. The molecule has 4 heteroatoms. The fraction of sp³-hybridized carbons (Fsp3) is 0.500. The molecule has 0 aromatic heterocycles. The minimum Gasteiger partial charge on any atom is -0.389 e. The van der Waals surface area contributed by atoms with Crippen LogP contribution in [0, 0.1) is 5.82 Å². The summed E-state index contributed by atoms with van der Waals surface area (Å²) in [7, 11) is 0. The summed E-state index contributed by atoms with van der Waals surface area (Å²) >= 11 is 5.13. The van der Waals surface area contributed by atoms with Crippen LogP contribution in [-0.4, -0.2) is 21.7 Å². The van der Waals surface area contributed by atoms with E-state index >= 15 is 0 Å². The van der Waals surface area contributed by atoms with E-state index in [0.29, 0.717) is 11.7 Å². The molecule has 1 nitrogen and oxygen atoms in total. The summed E-state index contributed by atoms with van der Waals surface area (Å²) in [6.45, 7) is 2.13. The van der Waals surface area contributed by atoms with Gasteiger partial charge in [0.15, 0.2) is 0 Å². The molecule has 1 heterocycles. The normalized spacial score (nSPS) is 29.6. The van der Waals surface area contributed by atoms with Crippen LogP contribution in [0.1, 0.15) is 18.9 Å². The van der Waals surface area contributed by atoms with Gasteiger partial charge in [0.2, 0.25) is 0 Å². The van der Waals surface area contributed by atoms with Gasteiger partial charge in [-0.25, -0.2) is 4.39 Å². The Morgan fingerprint density at radius 2 is 2.38 bits per heavy atom. The van der Waals surface area contributed by atoms with Crippen molar-refractivity contribution in [2.24, 2.45) is 0 Å². The minimum atomic E-state index is -0.634. The van der Waals surface area contributed by atoms with Crippen molar-refractivity contribution in [2.75, 3.05) is 5.75 Å². The maximum absolute atomic E-state index is 12.9. The van der Waals surface area contributed by atoms with Crippen LogP contribution in [0.4, 0.5) is 4.39 Å². The fourth-order valence-corrected chi connectivity index (χ4v) is 3.83. The molecule has 1 aliphatic heterocycles. The minimum absolute atomic E-state index is 0.253. The Hall–Kier alpha value is -0.0600. The van der Waals surface area contributed by atoms with Crippen LogP contribution in [0.2, 0.25) is 0 Å². The highest BCUT2D eigenvalue weighted by molar-refractivity contribution is 9.10. The van der Waals surface area contributed by atoms with Gasteiger partial charge in [-0.05, 0) is 24.1 Å². The molecule has 0 saturated carbocycles. The first-order valence-electron chi connectivity index (χ1n) is 5.26. The van der Waals surface area contributed by atoms with E-state index in [1.165, 1.54) is 12.1 Å². The zero-order valence-corrected chi connectivity index (χ0v) is 11.4. The van der Waals surface area contributed by atoms with Crippen molar-refractivity contribution in [1.29, 1.82) is 0 Å². The van der Waals surface area contributed by atoms with E-state index in [2.05, 4.69) is 22.9 Å². The van der Waals surface area contributed by atoms with E-state index in [1.54, 1.807) is 17.8 Å². The molecule has 0 aliphatic carbocycles. The van der Waals surface area contributed by atoms with Crippen molar-refractivity contribution in [2.45, 2.75) is 30.6 Å². The molecule has 16 heavy (non-hydrogen) atoms. The first-order valence-corrected chi connectivity index (χ1v) is 7.11. The number of benzene rings is 1. The molecular formula is C12H14BrFOS. The lowest BCUT2D eigenvalue weighted by Gasteiger charge is -2.22. The average molecular weight is 305 g/mol. The van der Waals surface area contributed by atoms with Crippen LogP contribution >= 0.6 is 27.7 Å². The Morgan fingerprint density at radius 1 is 1.62 bits per heavy atom. The maximum Gasteiger partial charge on any atom is 0.124 e. The van der Waals surface area contributed by atoms with E-state index in [0.717, 1.165) is 22.2 Å². The van der Waals surface area contributed by atoms with Crippen molar-refractivity contribution >= 4 is 27.7 Å². The highest BCUT2D eigenvalue weighted by Crippen LogP contribution is 2.37. The van der Waals surface area contributed by atoms with E-state index < -0.39 is 5.60 Å². The number of hydrogen-bond acceptors (Lipinski definition) is 2. The molecular weight excluding hydrogens is 291 g/mol. The van der Waals surface area contributed by atoms with Crippen LogP contribution in [0.15, 0.2) is 22.7 Å². The molecule has 0 spiro atoms. The average Bonchev–Trinajstić information content (AvgIpc) is 2.52. The van der Waals surface area contributed by atoms with Crippen molar-refractivity contribution < 1.29 is 9.50 Å². The van der Waals surface area contributed by atoms with Crippen LogP contribution in [0.5, 0.6) is 0 Å². The number of thioether (sulfide) groups is 1. The molecule has 2 unspecified atom stereocenters. The van der Waals surface area contributed by atoms with E-state index in [9.17, 15) is 9.50 Å². The second-order valence-electron chi connectivity index (χ2n) is 4.46. The Kier molecular flexibility index (Phi) is 3.62. The molecule has 1 N–H and O–H groups in total. The molecule has 1 saturated heterocycles. The van der Waals surface area contributed by atoms with Crippen LogP contribution in [0.25, 0.3) is 0 Å². The SMILES string of the molecule is CC1CC(O)(Cc2ccc(F)cc2Br)CS1. The standard InChI is InChI=1S/C12H14BrFOS/c1-8-5-12(15,7-16-8)6-9-2-3-10(14)4-11(9)13/h2-4,8,15H,5-7H2,1H3. The van der Waals surface area contributed by atoms with E-state index in [1.807, 2.05) is 0 Å². The van der Waals surface area contributed by atoms with Gasteiger partial charge < -0.3 is 5.11 Å². The molecule has 1 fully saturated rings. The smallest absolute Gasteiger partial charge is 0.124 e. The molecule has 2 rings (SSSR count). The third-order valence-corrected chi connectivity index (χ3v) is 5.02. The lowest BCUT2D eigenvalue weighted by atomic mass is 9.92. The number of hydrogen-bond donors (Lipinski definition) is 1. The molecule has 88 valence electrons. The molecule has 1 aliphatic rings. The fourth-order valence-electron chi connectivity index (χ4n) is 2.09. The van der Waals surface area contributed by atoms with Crippen molar-refractivity contribution in [1.82, 2.24) is 0 Å². The third kappa shape index (κ3) is 2.79. The lowest BCUT2D eigenvalue weighted by Crippen LogP contribution is -2.31. The van der Waals surface area contributed by atoms with Gasteiger partial charge in [-0.15, -0.1) is 0 Å². The topological polar surface area (TPSA) is 20.2 Å². The van der Waals surface area contributed by atoms with Crippen LogP contribution in [0.3, 0.4) is 0 Å². The van der Waals surface area contributed by atoms with E-state index in [4.69, 9.17) is 0 Å². The Labute approximate surface area is 108 Å². The maximum atomic E-state index is 12.9. The molecule has 0 radical (unpaired) electrons. The van der Waals surface area contributed by atoms with Gasteiger partial charge in [-0.1, -0.05) is 28.9 Å². The van der Waals surface area contributed by atoms with Gasteiger partial charge in [-0.3, -0.25) is 0 Å². The summed E-state index contributed by atoms with van der Waals surface area (Å²) < 4.78 is 13.7. The van der Waals surface area contributed by atoms with Gasteiger partial charge in [0, 0.05) is 21.9 Å². The summed E-state index contributed by atoms with van der Waals surface area (Å²) in [4.78, 5) is 0. The number of halogens is 2. The van der Waals surface area contributed by atoms with Gasteiger partial charge in [-0.2, -0.15) is 11.8 Å². The van der Waals surface area contributed by atoms with Crippen LogP contribution < -0.4 is 0 Å². The summed E-state index contributed by atoms with van der Waals surface area (Å²) in [5.74, 6) is 0.509. The summed E-state index contributed by atoms with van der Waals surface area (Å²) in [5, 5.41) is 10.9. The van der Waals surface area contributed by atoms with Gasteiger partial charge >= 0.3 is 0 Å². The Balaban J connectivity index is 2.14. The second kappa shape index (κ2) is 4.67. The van der Waals surface area contributed by atoms with E-state index in [-0.39, 0.29) is 5.82 Å². The predicted molar refractivity (Wildman–Crippen MR) is 69.3 cm³/mol. The quantitative estimate of drug-likeness (QED) is 0.904. The molecule has 1 aromatic carbocycles. The Bertz CT molecular complexity index is 399.